The van der Waals surface area contributed by atoms with E-state index in [-0.39, 0.29) is 22.4 Å². The van der Waals surface area contributed by atoms with E-state index in [0.29, 0.717) is 0 Å². The standard InChI is InChI=1S/C46H47NO.CO2/c1-43(2)29-44(3,4)31-45(30-43)39-20-12-11-19-37(39)40-35-17-9-10-18-36(35)42-38(41(40)45)25-26-46(48-42,32-15-7-5-8-16-32)33-21-23-34(24-22-33)47-27-13-6-14-28-47;2-1-3/h5,7-12,15-26H,6,13-14,27-31H2,1-4H3;. The van der Waals surface area contributed by atoms with E-state index in [4.69, 9.17) is 14.3 Å². The largest absolute Gasteiger partial charge is 0.472 e. The van der Waals surface area contributed by atoms with Crippen molar-refractivity contribution in [1.29, 1.82) is 0 Å². The number of carbonyl (C=O) groups excluding carboxylic acids is 2. The Labute approximate surface area is 302 Å². The fourth-order valence-corrected chi connectivity index (χ4v) is 10.8. The second-order valence-electron chi connectivity index (χ2n) is 16.7. The summed E-state index contributed by atoms with van der Waals surface area (Å²) in [5, 5.41) is 2.50. The molecule has 4 heteroatoms. The summed E-state index contributed by atoms with van der Waals surface area (Å²) in [4.78, 5) is 18.8. The molecule has 0 bridgehead atoms. The molecule has 5 aromatic rings. The number of piperidine rings is 1. The normalized spacial score (nSPS) is 21.8. The Kier molecular flexibility index (Phi) is 8.07. The van der Waals surface area contributed by atoms with Crippen molar-refractivity contribution >= 4 is 28.7 Å². The number of rotatable bonds is 3. The molecule has 1 saturated carbocycles. The molecular formula is C47H47NO3. The lowest BCUT2D eigenvalue weighted by Crippen LogP contribution is -2.44. The van der Waals surface area contributed by atoms with Gasteiger partial charge in [-0.3, -0.25) is 0 Å². The maximum atomic E-state index is 8.12. The van der Waals surface area contributed by atoms with Crippen molar-refractivity contribution in [1.82, 2.24) is 0 Å². The van der Waals surface area contributed by atoms with E-state index in [1.54, 1.807) is 0 Å². The zero-order chi connectivity index (χ0) is 35.4. The van der Waals surface area contributed by atoms with Crippen LogP contribution in [0.15, 0.2) is 109 Å². The lowest BCUT2D eigenvalue weighted by molar-refractivity contribution is -0.191. The van der Waals surface area contributed by atoms with Crippen LogP contribution in [0, 0.1) is 10.8 Å². The van der Waals surface area contributed by atoms with Crippen molar-refractivity contribution in [2.24, 2.45) is 10.8 Å². The molecule has 1 spiro atoms. The summed E-state index contributed by atoms with van der Waals surface area (Å²) in [6.07, 6.45) is 12.4. The highest BCUT2D eigenvalue weighted by molar-refractivity contribution is 6.08. The maximum Gasteiger partial charge on any atom is 0.373 e. The molecule has 51 heavy (non-hydrogen) atoms. The van der Waals surface area contributed by atoms with E-state index >= 15 is 0 Å². The van der Waals surface area contributed by atoms with Gasteiger partial charge in [-0.15, -0.1) is 0 Å². The molecule has 1 unspecified atom stereocenters. The van der Waals surface area contributed by atoms with Crippen molar-refractivity contribution in [3.63, 3.8) is 0 Å². The van der Waals surface area contributed by atoms with Crippen molar-refractivity contribution in [2.45, 2.75) is 77.2 Å². The molecule has 9 rings (SSSR count). The van der Waals surface area contributed by atoms with Crippen LogP contribution in [0.3, 0.4) is 0 Å². The number of hydrogen-bond acceptors (Lipinski definition) is 4. The van der Waals surface area contributed by atoms with Gasteiger partial charge in [0.05, 0.1) is 0 Å². The topological polar surface area (TPSA) is 46.6 Å². The fraction of sp³-hybridized carbons (Fsp3) is 0.340. The molecule has 258 valence electrons. The number of anilines is 1. The van der Waals surface area contributed by atoms with Crippen LogP contribution in [-0.2, 0) is 20.6 Å². The van der Waals surface area contributed by atoms with Gasteiger partial charge in [0.2, 0.25) is 0 Å². The average Bonchev–Trinajstić information content (AvgIpc) is 3.40. The summed E-state index contributed by atoms with van der Waals surface area (Å²) in [5.74, 6) is 1.02. The minimum Gasteiger partial charge on any atom is -0.472 e. The third-order valence-electron chi connectivity index (χ3n) is 11.9. The SMILES string of the molecule is CC1(C)CC(C)(C)CC2(C1)c1ccccc1-c1c2c2c(c3ccccc13)OC(c1ccccc1)(c1ccc(N3CCCCC3)cc1)C=C2.O=C=O. The Morgan fingerprint density at radius 2 is 1.24 bits per heavy atom. The van der Waals surface area contributed by atoms with Crippen LogP contribution in [0.1, 0.15) is 94.0 Å². The molecule has 2 aliphatic carbocycles. The van der Waals surface area contributed by atoms with Crippen molar-refractivity contribution in [3.05, 3.63) is 137 Å². The van der Waals surface area contributed by atoms with Gasteiger partial charge in [-0.05, 0) is 95.2 Å². The molecule has 1 saturated heterocycles. The molecular weight excluding hydrogens is 627 g/mol. The molecule has 1 atom stereocenters. The molecule has 5 aromatic carbocycles. The third-order valence-corrected chi connectivity index (χ3v) is 11.9. The second kappa shape index (κ2) is 12.4. The highest BCUT2D eigenvalue weighted by Gasteiger charge is 2.55. The number of ether oxygens (including phenoxy) is 1. The van der Waals surface area contributed by atoms with E-state index in [2.05, 4.69) is 148 Å². The van der Waals surface area contributed by atoms with Gasteiger partial charge in [0.1, 0.15) is 5.75 Å². The quantitative estimate of drug-likeness (QED) is 0.191. The van der Waals surface area contributed by atoms with Gasteiger partial charge in [0, 0.05) is 46.3 Å². The summed E-state index contributed by atoms with van der Waals surface area (Å²) < 4.78 is 7.65. The summed E-state index contributed by atoms with van der Waals surface area (Å²) in [6, 6.07) is 38.4. The van der Waals surface area contributed by atoms with Crippen molar-refractivity contribution < 1.29 is 14.3 Å². The molecule has 2 aliphatic heterocycles. The molecule has 0 amide bonds. The van der Waals surface area contributed by atoms with E-state index in [0.717, 1.165) is 37.2 Å². The van der Waals surface area contributed by atoms with Gasteiger partial charge in [-0.1, -0.05) is 125 Å². The van der Waals surface area contributed by atoms with Gasteiger partial charge < -0.3 is 9.64 Å². The van der Waals surface area contributed by atoms with Gasteiger partial charge >= 0.3 is 6.15 Å². The summed E-state index contributed by atoms with van der Waals surface area (Å²) in [6.45, 7) is 12.2. The predicted octanol–water partition coefficient (Wildman–Crippen LogP) is 11.1. The van der Waals surface area contributed by atoms with Gasteiger partial charge in [0.25, 0.3) is 0 Å². The minimum atomic E-state index is -0.741. The van der Waals surface area contributed by atoms with Crippen molar-refractivity contribution in [3.8, 4) is 16.9 Å². The fourth-order valence-electron chi connectivity index (χ4n) is 10.8. The van der Waals surface area contributed by atoms with E-state index in [1.807, 2.05) is 0 Å². The van der Waals surface area contributed by atoms with E-state index in [1.165, 1.54) is 75.5 Å². The monoisotopic (exact) mass is 673 g/mol. The van der Waals surface area contributed by atoms with Crippen LogP contribution in [0.25, 0.3) is 28.0 Å². The first-order chi connectivity index (χ1) is 24.6. The molecule has 0 aromatic heterocycles. The number of benzene rings is 5. The molecule has 2 fully saturated rings. The molecule has 2 heterocycles. The lowest BCUT2D eigenvalue weighted by Gasteiger charge is -2.52. The highest BCUT2D eigenvalue weighted by atomic mass is 16.5. The van der Waals surface area contributed by atoms with Crippen LogP contribution in [0.4, 0.5) is 5.69 Å². The van der Waals surface area contributed by atoms with Crippen LogP contribution in [0.5, 0.6) is 5.75 Å². The number of fused-ring (bicyclic) bond motifs is 10. The zero-order valence-electron chi connectivity index (χ0n) is 30.3. The number of nitrogens with zero attached hydrogens (tertiary/aromatic N) is 1. The first kappa shape index (κ1) is 33.2. The molecule has 0 N–H and O–H groups in total. The van der Waals surface area contributed by atoms with E-state index in [9.17, 15) is 0 Å². The van der Waals surface area contributed by atoms with E-state index < -0.39 is 5.60 Å². The van der Waals surface area contributed by atoms with Crippen LogP contribution < -0.4 is 9.64 Å². The maximum absolute atomic E-state index is 8.12. The second-order valence-corrected chi connectivity index (χ2v) is 16.7. The molecule has 4 nitrogen and oxygen atoms in total. The summed E-state index contributed by atoms with van der Waals surface area (Å²) >= 11 is 0. The Hall–Kier alpha value is -4.92. The Bertz CT molecular complexity index is 2150. The lowest BCUT2D eigenvalue weighted by atomic mass is 9.52. The Morgan fingerprint density at radius 3 is 1.92 bits per heavy atom. The summed E-state index contributed by atoms with van der Waals surface area (Å²) in [7, 11) is 0. The van der Waals surface area contributed by atoms with Crippen LogP contribution in [-0.4, -0.2) is 19.2 Å². The Morgan fingerprint density at radius 1 is 0.647 bits per heavy atom. The first-order valence-corrected chi connectivity index (χ1v) is 18.6. The van der Waals surface area contributed by atoms with Gasteiger partial charge in [0.15, 0.2) is 5.60 Å². The zero-order valence-corrected chi connectivity index (χ0v) is 30.3. The highest BCUT2D eigenvalue weighted by Crippen LogP contribution is 2.66. The average molecular weight is 674 g/mol. The van der Waals surface area contributed by atoms with Crippen LogP contribution in [0.2, 0.25) is 0 Å². The van der Waals surface area contributed by atoms with Gasteiger partial charge in [-0.2, -0.15) is 9.59 Å². The first-order valence-electron chi connectivity index (χ1n) is 18.6. The molecule has 4 aliphatic rings. The smallest absolute Gasteiger partial charge is 0.373 e. The minimum absolute atomic E-state index is 0.0815. The van der Waals surface area contributed by atoms with Crippen molar-refractivity contribution in [2.75, 3.05) is 18.0 Å². The number of hydrogen-bond donors (Lipinski definition) is 0. The Balaban J connectivity index is 0.00000121. The third kappa shape index (κ3) is 5.43. The summed E-state index contributed by atoms with van der Waals surface area (Å²) in [5.41, 5.74) is 10.3. The predicted molar refractivity (Wildman–Crippen MR) is 206 cm³/mol. The molecule has 0 radical (unpaired) electrons. The van der Waals surface area contributed by atoms with Crippen LogP contribution >= 0.6 is 0 Å². The van der Waals surface area contributed by atoms with Gasteiger partial charge in [-0.25, -0.2) is 0 Å².